The predicted octanol–water partition coefficient (Wildman–Crippen LogP) is 1.52. The van der Waals surface area contributed by atoms with E-state index in [1.54, 1.807) is 11.3 Å². The van der Waals surface area contributed by atoms with Gasteiger partial charge in [0.15, 0.2) is 5.13 Å². The Bertz CT molecular complexity index is 502. The molecule has 1 fully saturated rings. The zero-order valence-corrected chi connectivity index (χ0v) is 11.6. The topological polar surface area (TPSA) is 58.5 Å². The van der Waals surface area contributed by atoms with Gasteiger partial charge >= 0.3 is 0 Å². The third-order valence-corrected chi connectivity index (χ3v) is 4.19. The van der Waals surface area contributed by atoms with Crippen molar-refractivity contribution in [3.63, 3.8) is 0 Å². The molecule has 1 aliphatic rings. The molecule has 0 bridgehead atoms. The van der Waals surface area contributed by atoms with Crippen molar-refractivity contribution in [2.45, 2.75) is 13.1 Å². The average molecular weight is 278 g/mol. The lowest BCUT2D eigenvalue weighted by Gasteiger charge is -2.34. The lowest BCUT2D eigenvalue weighted by Crippen LogP contribution is -2.45. The van der Waals surface area contributed by atoms with Gasteiger partial charge in [-0.15, -0.1) is 11.3 Å². The molecule has 3 rings (SSSR count). The van der Waals surface area contributed by atoms with Gasteiger partial charge in [-0.2, -0.15) is 0 Å². The van der Waals surface area contributed by atoms with Crippen molar-refractivity contribution in [1.82, 2.24) is 9.88 Å². The second kappa shape index (κ2) is 5.73. The van der Waals surface area contributed by atoms with Gasteiger partial charge in [-0.05, 0) is 12.1 Å². The molecule has 0 saturated carbocycles. The molecule has 0 aliphatic carbocycles. The maximum absolute atomic E-state index is 5.64. The quantitative estimate of drug-likeness (QED) is 0.919. The molecular formula is C13H18N4OS. The molecule has 2 N–H and O–H groups in total. The minimum absolute atomic E-state index is 0.470. The Morgan fingerprint density at radius 3 is 2.63 bits per heavy atom. The number of anilines is 1. The van der Waals surface area contributed by atoms with Crippen LogP contribution in [0.15, 0.2) is 28.1 Å². The second-order valence-electron chi connectivity index (χ2n) is 4.65. The highest BCUT2D eigenvalue weighted by Crippen LogP contribution is 2.19. The Morgan fingerprint density at radius 1 is 1.21 bits per heavy atom. The molecule has 1 aliphatic heterocycles. The maximum Gasteiger partial charge on any atom is 0.185 e. The van der Waals surface area contributed by atoms with Gasteiger partial charge in [0.05, 0.1) is 13.1 Å². The van der Waals surface area contributed by atoms with E-state index in [0.29, 0.717) is 6.54 Å². The third-order valence-electron chi connectivity index (χ3n) is 3.36. The normalized spacial score (nSPS) is 17.0. The van der Waals surface area contributed by atoms with Crippen LogP contribution in [-0.4, -0.2) is 36.1 Å². The molecule has 3 heterocycles. The van der Waals surface area contributed by atoms with Crippen molar-refractivity contribution in [1.29, 1.82) is 0 Å². The number of nitrogens with zero attached hydrogens (tertiary/aromatic N) is 3. The van der Waals surface area contributed by atoms with Gasteiger partial charge < -0.3 is 15.1 Å². The third kappa shape index (κ3) is 2.97. The lowest BCUT2D eigenvalue weighted by atomic mass is 10.3. The van der Waals surface area contributed by atoms with Crippen LogP contribution in [0.25, 0.3) is 0 Å². The second-order valence-corrected chi connectivity index (χ2v) is 5.52. The van der Waals surface area contributed by atoms with Crippen molar-refractivity contribution < 1.29 is 4.42 Å². The molecule has 6 heteroatoms. The Balaban J connectivity index is 1.52. The van der Waals surface area contributed by atoms with Gasteiger partial charge in [-0.1, -0.05) is 0 Å². The zero-order chi connectivity index (χ0) is 13.1. The fraction of sp³-hybridized carbons (Fsp3) is 0.462. The molecular weight excluding hydrogens is 260 g/mol. The van der Waals surface area contributed by atoms with Crippen molar-refractivity contribution >= 4 is 16.5 Å². The first kappa shape index (κ1) is 12.7. The van der Waals surface area contributed by atoms with Gasteiger partial charge in [-0.3, -0.25) is 4.90 Å². The van der Waals surface area contributed by atoms with Crippen LogP contribution in [0.5, 0.6) is 0 Å². The summed E-state index contributed by atoms with van der Waals surface area (Å²) in [6.45, 7) is 5.47. The van der Waals surface area contributed by atoms with Gasteiger partial charge in [0.25, 0.3) is 0 Å². The highest BCUT2D eigenvalue weighted by molar-refractivity contribution is 7.13. The molecule has 102 valence electrons. The number of thiazole rings is 1. The van der Waals surface area contributed by atoms with Gasteiger partial charge in [0, 0.05) is 37.8 Å². The highest BCUT2D eigenvalue weighted by atomic mass is 32.1. The number of nitrogens with two attached hydrogens (primary N) is 1. The summed E-state index contributed by atoms with van der Waals surface area (Å²) in [5, 5.41) is 3.15. The fourth-order valence-electron chi connectivity index (χ4n) is 2.31. The average Bonchev–Trinajstić information content (AvgIpc) is 3.10. The molecule has 0 radical (unpaired) electrons. The van der Waals surface area contributed by atoms with E-state index in [0.717, 1.165) is 49.4 Å². The summed E-state index contributed by atoms with van der Waals surface area (Å²) >= 11 is 1.70. The van der Waals surface area contributed by atoms with Crippen molar-refractivity contribution in [3.8, 4) is 0 Å². The number of aromatic nitrogens is 1. The summed E-state index contributed by atoms with van der Waals surface area (Å²) in [5.74, 6) is 1.86. The van der Waals surface area contributed by atoms with Crippen LogP contribution in [0.2, 0.25) is 0 Å². The summed E-state index contributed by atoms with van der Waals surface area (Å²) in [4.78, 5) is 9.10. The van der Waals surface area contributed by atoms with Crippen molar-refractivity contribution in [3.05, 3.63) is 35.2 Å². The van der Waals surface area contributed by atoms with Crippen LogP contribution >= 0.6 is 11.3 Å². The SMILES string of the molecule is NCc1ccc(CN2CCN(c3nccs3)CC2)o1. The number of hydrogen-bond donors (Lipinski definition) is 1. The van der Waals surface area contributed by atoms with E-state index in [2.05, 4.69) is 14.8 Å². The van der Waals surface area contributed by atoms with Gasteiger partial charge in [-0.25, -0.2) is 4.98 Å². The van der Waals surface area contributed by atoms with Crippen molar-refractivity contribution in [2.24, 2.45) is 5.73 Å². The molecule has 5 nitrogen and oxygen atoms in total. The molecule has 1 saturated heterocycles. The van der Waals surface area contributed by atoms with Crippen LogP contribution in [0.1, 0.15) is 11.5 Å². The van der Waals surface area contributed by atoms with Crippen LogP contribution < -0.4 is 10.6 Å². The van der Waals surface area contributed by atoms with E-state index in [1.807, 2.05) is 23.7 Å². The summed E-state index contributed by atoms with van der Waals surface area (Å²) in [5.41, 5.74) is 5.55. The van der Waals surface area contributed by atoms with E-state index < -0.39 is 0 Å². The van der Waals surface area contributed by atoms with E-state index in [4.69, 9.17) is 10.2 Å². The summed E-state index contributed by atoms with van der Waals surface area (Å²) in [6, 6.07) is 3.98. The maximum atomic E-state index is 5.64. The first-order chi connectivity index (χ1) is 9.35. The number of furan rings is 1. The van der Waals surface area contributed by atoms with Crippen molar-refractivity contribution in [2.75, 3.05) is 31.1 Å². The van der Waals surface area contributed by atoms with E-state index in [1.165, 1.54) is 0 Å². The molecule has 2 aromatic rings. The first-order valence-electron chi connectivity index (χ1n) is 6.49. The van der Waals surface area contributed by atoms with E-state index in [-0.39, 0.29) is 0 Å². The largest absolute Gasteiger partial charge is 0.463 e. The Labute approximate surface area is 116 Å². The Morgan fingerprint density at radius 2 is 2.00 bits per heavy atom. The molecule has 0 unspecified atom stereocenters. The van der Waals surface area contributed by atoms with Crippen LogP contribution in [0.4, 0.5) is 5.13 Å². The fourth-order valence-corrected chi connectivity index (χ4v) is 3.00. The summed E-state index contributed by atoms with van der Waals surface area (Å²) in [6.07, 6.45) is 1.86. The van der Waals surface area contributed by atoms with E-state index in [9.17, 15) is 0 Å². The molecule has 2 aromatic heterocycles. The Kier molecular flexibility index (Phi) is 3.82. The Hall–Kier alpha value is -1.37. The zero-order valence-electron chi connectivity index (χ0n) is 10.8. The summed E-state index contributed by atoms with van der Waals surface area (Å²) in [7, 11) is 0. The first-order valence-corrected chi connectivity index (χ1v) is 7.37. The number of hydrogen-bond acceptors (Lipinski definition) is 6. The molecule has 0 amide bonds. The smallest absolute Gasteiger partial charge is 0.185 e. The van der Waals surface area contributed by atoms with Gasteiger partial charge in [0.1, 0.15) is 11.5 Å². The molecule has 0 aromatic carbocycles. The lowest BCUT2D eigenvalue weighted by molar-refractivity contribution is 0.228. The van der Waals surface area contributed by atoms with Gasteiger partial charge in [0.2, 0.25) is 0 Å². The summed E-state index contributed by atoms with van der Waals surface area (Å²) < 4.78 is 5.64. The minimum Gasteiger partial charge on any atom is -0.463 e. The predicted molar refractivity (Wildman–Crippen MR) is 76.2 cm³/mol. The van der Waals surface area contributed by atoms with Crippen LogP contribution in [0, 0.1) is 0 Å². The van der Waals surface area contributed by atoms with Crippen LogP contribution in [-0.2, 0) is 13.1 Å². The minimum atomic E-state index is 0.470. The molecule has 0 atom stereocenters. The number of rotatable bonds is 4. The molecule has 19 heavy (non-hydrogen) atoms. The van der Waals surface area contributed by atoms with Crippen LogP contribution in [0.3, 0.4) is 0 Å². The monoisotopic (exact) mass is 278 g/mol. The van der Waals surface area contributed by atoms with E-state index >= 15 is 0 Å². The highest BCUT2D eigenvalue weighted by Gasteiger charge is 2.19. The number of piperazine rings is 1. The standard InChI is InChI=1S/C13H18N4OS/c14-9-11-1-2-12(18-11)10-16-4-6-17(7-5-16)13-15-3-8-19-13/h1-3,8H,4-7,9-10,14H2. The molecule has 0 spiro atoms.